The quantitative estimate of drug-likeness (QED) is 0.373. The smallest absolute Gasteiger partial charge is 0.336 e. The van der Waals surface area contributed by atoms with Crippen molar-refractivity contribution < 1.29 is 28.6 Å². The number of imidazole rings is 1. The summed E-state index contributed by atoms with van der Waals surface area (Å²) in [5.74, 6) is -3.57. The SMILES string of the molecule is COC(=O)C1=C(C)NC(C)=C(C(=O)OC)C1C(=O)OCCCn1c(=O)[nH]c2ccccc21. The van der Waals surface area contributed by atoms with Gasteiger partial charge in [-0.2, -0.15) is 0 Å². The van der Waals surface area contributed by atoms with Crippen LogP contribution in [0.4, 0.5) is 0 Å². The van der Waals surface area contributed by atoms with Crippen LogP contribution in [0, 0.1) is 5.92 Å². The number of nitrogens with zero attached hydrogens (tertiary/aromatic N) is 1. The minimum absolute atomic E-state index is 0.0173. The summed E-state index contributed by atoms with van der Waals surface area (Å²) in [5.41, 5.74) is 1.95. The Morgan fingerprint density at radius 2 is 1.59 bits per heavy atom. The molecule has 2 heterocycles. The normalized spacial score (nSPS) is 14.4. The van der Waals surface area contributed by atoms with Gasteiger partial charge in [-0.1, -0.05) is 12.1 Å². The third kappa shape index (κ3) is 4.29. The van der Waals surface area contributed by atoms with Crippen molar-refractivity contribution >= 4 is 28.9 Å². The molecular formula is C22H25N3O7. The lowest BCUT2D eigenvalue weighted by Gasteiger charge is -2.28. The van der Waals surface area contributed by atoms with Gasteiger partial charge in [0.05, 0.1) is 43.0 Å². The molecule has 10 nitrogen and oxygen atoms in total. The lowest BCUT2D eigenvalue weighted by atomic mass is 9.85. The third-order valence-electron chi connectivity index (χ3n) is 5.26. The van der Waals surface area contributed by atoms with E-state index in [1.54, 1.807) is 24.5 Å². The van der Waals surface area contributed by atoms with Gasteiger partial charge in [-0.25, -0.2) is 14.4 Å². The van der Waals surface area contributed by atoms with Crippen molar-refractivity contribution in [3.63, 3.8) is 0 Å². The van der Waals surface area contributed by atoms with Gasteiger partial charge in [0.25, 0.3) is 0 Å². The molecule has 0 spiro atoms. The summed E-state index contributed by atoms with van der Waals surface area (Å²) in [6, 6.07) is 7.28. The molecular weight excluding hydrogens is 418 g/mol. The Bertz CT molecular complexity index is 1150. The predicted molar refractivity (Wildman–Crippen MR) is 114 cm³/mol. The topological polar surface area (TPSA) is 129 Å². The number of para-hydroxylation sites is 2. The molecule has 10 heteroatoms. The maximum atomic E-state index is 13.0. The molecule has 0 atom stereocenters. The molecule has 0 saturated heterocycles. The first-order chi connectivity index (χ1) is 15.3. The molecule has 3 rings (SSSR count). The first-order valence-corrected chi connectivity index (χ1v) is 9.99. The van der Waals surface area contributed by atoms with Gasteiger partial charge in [0.15, 0.2) is 0 Å². The van der Waals surface area contributed by atoms with E-state index in [4.69, 9.17) is 14.2 Å². The minimum atomic E-state index is -1.29. The molecule has 170 valence electrons. The van der Waals surface area contributed by atoms with Crippen LogP contribution >= 0.6 is 0 Å². The fourth-order valence-electron chi connectivity index (χ4n) is 3.80. The Kier molecular flexibility index (Phi) is 6.82. The number of esters is 3. The average molecular weight is 443 g/mol. The Labute approximate surface area is 183 Å². The van der Waals surface area contributed by atoms with Crippen LogP contribution in [-0.4, -0.2) is 48.3 Å². The van der Waals surface area contributed by atoms with Crippen molar-refractivity contribution in [2.24, 2.45) is 5.92 Å². The van der Waals surface area contributed by atoms with Crippen LogP contribution in [0.5, 0.6) is 0 Å². The van der Waals surface area contributed by atoms with E-state index in [0.29, 0.717) is 24.4 Å². The zero-order chi connectivity index (χ0) is 23.4. The van der Waals surface area contributed by atoms with E-state index in [0.717, 1.165) is 11.0 Å². The highest BCUT2D eigenvalue weighted by molar-refractivity contribution is 6.05. The molecule has 1 aliphatic rings. The van der Waals surface area contributed by atoms with Crippen molar-refractivity contribution in [2.75, 3.05) is 20.8 Å². The number of rotatable bonds is 7. The zero-order valence-electron chi connectivity index (χ0n) is 18.3. The number of ether oxygens (including phenoxy) is 3. The van der Waals surface area contributed by atoms with Crippen LogP contribution in [0.1, 0.15) is 20.3 Å². The summed E-state index contributed by atoms with van der Waals surface area (Å²) < 4.78 is 16.6. The number of benzene rings is 1. The Hall–Kier alpha value is -3.82. The number of nitrogens with one attached hydrogen (secondary N) is 2. The molecule has 0 aliphatic carbocycles. The molecule has 0 bridgehead atoms. The van der Waals surface area contributed by atoms with Gasteiger partial charge in [-0.15, -0.1) is 0 Å². The van der Waals surface area contributed by atoms with E-state index in [9.17, 15) is 19.2 Å². The number of hydrogen-bond donors (Lipinski definition) is 2. The molecule has 0 unspecified atom stereocenters. The summed E-state index contributed by atoms with van der Waals surface area (Å²) in [6.07, 6.45) is 0.352. The Morgan fingerprint density at radius 3 is 2.19 bits per heavy atom. The second-order valence-electron chi connectivity index (χ2n) is 7.24. The zero-order valence-corrected chi connectivity index (χ0v) is 18.3. The Morgan fingerprint density at radius 1 is 1.00 bits per heavy atom. The van der Waals surface area contributed by atoms with E-state index in [2.05, 4.69) is 10.3 Å². The summed E-state index contributed by atoms with van der Waals surface area (Å²) in [7, 11) is 2.37. The van der Waals surface area contributed by atoms with Gasteiger partial charge in [-0.3, -0.25) is 9.36 Å². The van der Waals surface area contributed by atoms with E-state index < -0.39 is 23.8 Å². The van der Waals surface area contributed by atoms with E-state index in [-0.39, 0.29) is 23.4 Å². The number of carbonyl (C=O) groups is 3. The van der Waals surface area contributed by atoms with Crippen molar-refractivity contribution in [2.45, 2.75) is 26.8 Å². The first-order valence-electron chi connectivity index (χ1n) is 9.99. The molecule has 0 fully saturated rings. The number of hydrogen-bond acceptors (Lipinski definition) is 8. The van der Waals surface area contributed by atoms with E-state index in [1.807, 2.05) is 18.2 Å². The summed E-state index contributed by atoms with van der Waals surface area (Å²) in [6.45, 7) is 3.51. The third-order valence-corrected chi connectivity index (χ3v) is 5.26. The van der Waals surface area contributed by atoms with Crippen LogP contribution in [0.3, 0.4) is 0 Å². The number of aromatic amines is 1. The van der Waals surface area contributed by atoms with Gasteiger partial charge >= 0.3 is 23.6 Å². The van der Waals surface area contributed by atoms with Crippen LogP contribution in [0.2, 0.25) is 0 Å². The second-order valence-corrected chi connectivity index (χ2v) is 7.24. The van der Waals surface area contributed by atoms with Crippen LogP contribution in [0.25, 0.3) is 11.0 Å². The molecule has 2 N–H and O–H groups in total. The van der Waals surface area contributed by atoms with Gasteiger partial charge < -0.3 is 24.5 Å². The Balaban J connectivity index is 1.76. The van der Waals surface area contributed by atoms with E-state index >= 15 is 0 Å². The van der Waals surface area contributed by atoms with Crippen molar-refractivity contribution in [1.82, 2.24) is 14.9 Å². The molecule has 0 saturated carbocycles. The molecule has 1 aliphatic heterocycles. The van der Waals surface area contributed by atoms with Gasteiger partial charge in [-0.05, 0) is 32.4 Å². The predicted octanol–water partition coefficient (Wildman–Crippen LogP) is 1.38. The largest absolute Gasteiger partial charge is 0.466 e. The number of methoxy groups -OCH3 is 2. The maximum Gasteiger partial charge on any atom is 0.336 e. The molecule has 2 aromatic rings. The summed E-state index contributed by atoms with van der Waals surface area (Å²) in [4.78, 5) is 52.6. The van der Waals surface area contributed by atoms with Crippen molar-refractivity contribution in [3.8, 4) is 0 Å². The number of aromatic nitrogens is 2. The molecule has 0 radical (unpaired) electrons. The monoisotopic (exact) mass is 443 g/mol. The summed E-state index contributed by atoms with van der Waals surface area (Å²) >= 11 is 0. The lowest BCUT2D eigenvalue weighted by Crippen LogP contribution is -2.38. The van der Waals surface area contributed by atoms with Crippen LogP contribution < -0.4 is 11.0 Å². The summed E-state index contributed by atoms with van der Waals surface area (Å²) in [5, 5.41) is 2.91. The minimum Gasteiger partial charge on any atom is -0.466 e. The molecule has 32 heavy (non-hydrogen) atoms. The second kappa shape index (κ2) is 9.54. The standard InChI is InChI=1S/C22H25N3O7/c1-12-16(19(26)30-3)18(17(13(2)23-12)20(27)31-4)21(28)32-11-7-10-25-15-9-6-5-8-14(15)24-22(25)29/h5-6,8-9,18,23H,7,10-11H2,1-4H3,(H,24,29). The van der Waals surface area contributed by atoms with Gasteiger partial charge in [0.2, 0.25) is 0 Å². The lowest BCUT2D eigenvalue weighted by molar-refractivity contribution is -0.151. The number of allylic oxidation sites excluding steroid dienone is 2. The van der Waals surface area contributed by atoms with Crippen LogP contribution in [-0.2, 0) is 35.1 Å². The fourth-order valence-corrected chi connectivity index (χ4v) is 3.80. The maximum absolute atomic E-state index is 13.0. The average Bonchev–Trinajstić information content (AvgIpc) is 3.10. The highest BCUT2D eigenvalue weighted by atomic mass is 16.5. The van der Waals surface area contributed by atoms with Crippen molar-refractivity contribution in [3.05, 3.63) is 57.3 Å². The number of carbonyl (C=O) groups excluding carboxylic acids is 3. The number of H-pyrrole nitrogens is 1. The van der Waals surface area contributed by atoms with Crippen LogP contribution in [0.15, 0.2) is 51.6 Å². The highest BCUT2D eigenvalue weighted by Gasteiger charge is 2.42. The molecule has 1 aromatic heterocycles. The highest BCUT2D eigenvalue weighted by Crippen LogP contribution is 2.32. The molecule has 0 amide bonds. The van der Waals surface area contributed by atoms with Gasteiger partial charge in [0.1, 0.15) is 5.92 Å². The van der Waals surface area contributed by atoms with Gasteiger partial charge in [0, 0.05) is 17.9 Å². The molecule has 1 aromatic carbocycles. The van der Waals surface area contributed by atoms with Crippen molar-refractivity contribution in [1.29, 1.82) is 0 Å². The fraction of sp³-hybridized carbons (Fsp3) is 0.364. The van der Waals surface area contributed by atoms with E-state index in [1.165, 1.54) is 14.2 Å². The first kappa shape index (κ1) is 22.9. The number of aryl methyl sites for hydroxylation is 1. The number of dihydropyridines is 1. The number of fused-ring (bicyclic) bond motifs is 1.